The van der Waals surface area contributed by atoms with Gasteiger partial charge in [0.05, 0.1) is 12.6 Å². The molecule has 0 aliphatic carbocycles. The van der Waals surface area contributed by atoms with Gasteiger partial charge in [0.15, 0.2) is 23.5 Å². The molecule has 10 rings (SSSR count). The summed E-state index contributed by atoms with van der Waals surface area (Å²) in [5, 5.41) is 0. The topological polar surface area (TPSA) is 8.81 Å². The maximum absolute atomic E-state index is 2.82. The number of benzene rings is 4. The Kier molecular flexibility index (Phi) is 7.73. The van der Waals surface area contributed by atoms with E-state index in [-0.39, 0.29) is 11.0 Å². The van der Waals surface area contributed by atoms with Crippen LogP contribution >= 0.6 is 0 Å². The summed E-state index contributed by atoms with van der Waals surface area (Å²) in [6.45, 7) is 20.2. The molecule has 5 aromatic rings. The van der Waals surface area contributed by atoms with Crippen LogP contribution < -0.4 is 9.05 Å². The second-order valence-corrected chi connectivity index (χ2v) is 18.0. The van der Waals surface area contributed by atoms with Gasteiger partial charge in [-0.3, -0.25) is 0 Å². The minimum Gasteiger partial charge on any atom is -0.222 e. The molecule has 1 fully saturated rings. The maximum Gasteiger partial charge on any atom is 0.294 e. The first kappa shape index (κ1) is 34.5. The van der Waals surface area contributed by atoms with Crippen molar-refractivity contribution in [1.82, 2.24) is 9.05 Å². The molecule has 4 nitrogen and oxygen atoms in total. The summed E-state index contributed by atoms with van der Waals surface area (Å²) in [7, 11) is 2.51. The van der Waals surface area contributed by atoms with E-state index >= 15 is 0 Å². The normalized spacial score (nSPS) is 27.6. The number of rotatable bonds is 9. The number of nitrogens with zero attached hydrogens (tertiary/aromatic N) is 4. The summed E-state index contributed by atoms with van der Waals surface area (Å²) in [4.78, 5) is 0. The molecule has 0 N–H and O–H groups in total. The van der Waals surface area contributed by atoms with Gasteiger partial charge in [-0.15, -0.1) is 0 Å². The first-order valence-electron chi connectivity index (χ1n) is 20.5. The molecule has 5 unspecified atom stereocenters. The SMILES string of the molecule is CCCC1(C2(CC)Cc3ccccc3-c3n(-c4c(C(C)C)cc(C(C)C)cc4C(C)C)cc[n+]32)c2ccc(-c3ccccc3)cc2[N+]23C=C[N+](C)(C2)C13. The standard InChI is InChI=1S/C49H59N4/c1-10-23-49(43-22-21-37(36-17-13-12-14-18-36)30-44(43)53-27-26-52(9,32-53)47(49)53)48(11-2)31-38-19-15-16-20-40(38)46-50(24-25-51(46)48)45-41(34(5)6)28-39(33(3)4)29-42(45)35(7)8/h12-22,24-30,33-35,47H,10-11,23,31-32H2,1-9H3/q+3. The zero-order valence-corrected chi connectivity index (χ0v) is 33.5. The molecule has 0 saturated carbocycles. The molecular formula is C49H59N4+3. The summed E-state index contributed by atoms with van der Waals surface area (Å²) in [6, 6.07) is 33.0. The Hall–Kier alpha value is -4.25. The second kappa shape index (κ2) is 11.9. The fourth-order valence-corrected chi connectivity index (χ4v) is 12.0. The number of aromatic nitrogens is 2. The van der Waals surface area contributed by atoms with E-state index in [1.165, 1.54) is 56.1 Å². The fourth-order valence-electron chi connectivity index (χ4n) is 12.0. The third kappa shape index (κ3) is 4.40. The van der Waals surface area contributed by atoms with Crippen molar-refractivity contribution in [2.24, 2.45) is 0 Å². The van der Waals surface area contributed by atoms with Crippen molar-refractivity contribution in [3.63, 3.8) is 0 Å². The molecule has 4 heteroatoms. The van der Waals surface area contributed by atoms with Gasteiger partial charge in [-0.25, -0.2) is 4.57 Å². The van der Waals surface area contributed by atoms with Crippen molar-refractivity contribution in [3.8, 4) is 28.2 Å². The maximum atomic E-state index is 2.82. The van der Waals surface area contributed by atoms with E-state index in [2.05, 4.69) is 181 Å². The third-order valence-corrected chi connectivity index (χ3v) is 14.1. The van der Waals surface area contributed by atoms with Crippen LogP contribution in [-0.2, 0) is 17.4 Å². The zero-order chi connectivity index (χ0) is 37.1. The molecular weight excluding hydrogens is 645 g/mol. The molecule has 5 aliphatic heterocycles. The van der Waals surface area contributed by atoms with Gasteiger partial charge in [0.25, 0.3) is 12.0 Å². The minimum absolute atomic E-state index is 0.0973. The van der Waals surface area contributed by atoms with Crippen LogP contribution in [0.3, 0.4) is 0 Å². The van der Waals surface area contributed by atoms with Gasteiger partial charge < -0.3 is 0 Å². The summed E-state index contributed by atoms with van der Waals surface area (Å²) < 4.78 is 7.41. The number of quaternary nitrogens is 2. The fraction of sp³-hybridized carbons (Fsp3) is 0.408. The van der Waals surface area contributed by atoms with Crippen LogP contribution in [0, 0.1) is 0 Å². The van der Waals surface area contributed by atoms with Gasteiger partial charge >= 0.3 is 0 Å². The van der Waals surface area contributed by atoms with Gasteiger partial charge in [0.2, 0.25) is 6.67 Å². The molecule has 1 saturated heterocycles. The van der Waals surface area contributed by atoms with E-state index < -0.39 is 0 Å². The molecule has 4 aromatic carbocycles. The average molecular weight is 704 g/mol. The van der Waals surface area contributed by atoms with Gasteiger partial charge in [0.1, 0.15) is 23.6 Å². The van der Waals surface area contributed by atoms with Crippen molar-refractivity contribution in [2.45, 2.75) is 116 Å². The average Bonchev–Trinajstić information content (AvgIpc) is 3.88. The lowest BCUT2D eigenvalue weighted by molar-refractivity contribution is -0.955. The largest absolute Gasteiger partial charge is 0.294 e. The number of hydrogen-bond donors (Lipinski definition) is 0. The lowest BCUT2D eigenvalue weighted by Crippen LogP contribution is -2.85. The van der Waals surface area contributed by atoms with E-state index in [4.69, 9.17) is 0 Å². The number of fused-ring (bicyclic) bond motifs is 4. The van der Waals surface area contributed by atoms with Crippen molar-refractivity contribution < 1.29 is 9.05 Å². The predicted octanol–water partition coefficient (Wildman–Crippen LogP) is 11.4. The minimum atomic E-state index is -0.175. The van der Waals surface area contributed by atoms with Crippen molar-refractivity contribution >= 4 is 5.69 Å². The van der Waals surface area contributed by atoms with Crippen LogP contribution in [0.15, 0.2) is 110 Å². The monoisotopic (exact) mass is 703 g/mol. The molecule has 5 aliphatic rings. The van der Waals surface area contributed by atoms with E-state index in [0.717, 1.165) is 41.3 Å². The lowest BCUT2D eigenvalue weighted by Gasteiger charge is -2.58. The van der Waals surface area contributed by atoms with Crippen LogP contribution in [-0.4, -0.2) is 28.9 Å². The van der Waals surface area contributed by atoms with Crippen molar-refractivity contribution in [2.75, 3.05) is 13.7 Å². The second-order valence-electron chi connectivity index (χ2n) is 18.0. The van der Waals surface area contributed by atoms with Crippen molar-refractivity contribution in [3.05, 3.63) is 138 Å². The molecule has 53 heavy (non-hydrogen) atoms. The number of likely N-dealkylation sites (N-methyl/N-ethyl adjacent to an activating group) is 1. The van der Waals surface area contributed by atoms with Crippen molar-refractivity contribution in [1.29, 1.82) is 0 Å². The molecule has 5 atom stereocenters. The molecule has 1 spiro atoms. The highest BCUT2D eigenvalue weighted by atomic mass is 15.8. The first-order chi connectivity index (χ1) is 25.5. The summed E-state index contributed by atoms with van der Waals surface area (Å²) in [6.07, 6.45) is 14.8. The number of imidazole rings is 1. The van der Waals surface area contributed by atoms with Crippen LogP contribution in [0.4, 0.5) is 5.69 Å². The zero-order valence-electron chi connectivity index (χ0n) is 33.5. The Labute approximate surface area is 318 Å². The Balaban J connectivity index is 1.36. The van der Waals surface area contributed by atoms with E-state index in [1.807, 2.05) is 0 Å². The summed E-state index contributed by atoms with van der Waals surface area (Å²) >= 11 is 0. The predicted molar refractivity (Wildman–Crippen MR) is 220 cm³/mol. The Morgan fingerprint density at radius 1 is 0.792 bits per heavy atom. The molecule has 2 bridgehead atoms. The molecule has 272 valence electrons. The van der Waals surface area contributed by atoms with E-state index in [1.54, 1.807) is 5.56 Å². The molecule has 0 radical (unpaired) electrons. The Morgan fingerprint density at radius 3 is 2.13 bits per heavy atom. The highest BCUT2D eigenvalue weighted by Gasteiger charge is 2.86. The van der Waals surface area contributed by atoms with Crippen LogP contribution in [0.2, 0.25) is 0 Å². The highest BCUT2D eigenvalue weighted by molar-refractivity contribution is 5.75. The lowest BCUT2D eigenvalue weighted by atomic mass is 9.56. The quantitative estimate of drug-likeness (QED) is 0.107. The van der Waals surface area contributed by atoms with E-state index in [0.29, 0.717) is 23.9 Å². The van der Waals surface area contributed by atoms with E-state index in [9.17, 15) is 0 Å². The molecule has 0 amide bonds. The molecule has 6 heterocycles. The smallest absolute Gasteiger partial charge is 0.222 e. The summed E-state index contributed by atoms with van der Waals surface area (Å²) in [5.74, 6) is 2.63. The van der Waals surface area contributed by atoms with Gasteiger partial charge in [-0.05, 0) is 58.9 Å². The van der Waals surface area contributed by atoms with Gasteiger partial charge in [0, 0.05) is 29.2 Å². The van der Waals surface area contributed by atoms with Gasteiger partial charge in [-0.1, -0.05) is 135 Å². The summed E-state index contributed by atoms with van der Waals surface area (Å²) in [5.41, 5.74) is 14.1. The Morgan fingerprint density at radius 2 is 1.49 bits per heavy atom. The van der Waals surface area contributed by atoms with Crippen LogP contribution in [0.25, 0.3) is 28.2 Å². The van der Waals surface area contributed by atoms with Crippen LogP contribution in [0.1, 0.15) is 120 Å². The third-order valence-electron chi connectivity index (χ3n) is 14.1. The highest BCUT2D eigenvalue weighted by Crippen LogP contribution is 2.69. The first-order valence-corrected chi connectivity index (χ1v) is 20.5. The number of hydrogen-bond acceptors (Lipinski definition) is 0. The van der Waals surface area contributed by atoms with Gasteiger partial charge in [-0.2, -0.15) is 13.5 Å². The molecule has 1 aromatic heterocycles. The van der Waals surface area contributed by atoms with Crippen LogP contribution in [0.5, 0.6) is 0 Å². The Bertz CT molecular complexity index is 2250.